The molecule has 0 aromatic heterocycles. The van der Waals surface area contributed by atoms with Gasteiger partial charge in [-0.15, -0.1) is 0 Å². The van der Waals surface area contributed by atoms with Gasteiger partial charge in [-0.2, -0.15) is 0 Å². The molecule has 2 aromatic carbocycles. The fourth-order valence-electron chi connectivity index (χ4n) is 2.87. The number of hydrogen-bond donors (Lipinski definition) is 0. The highest BCUT2D eigenvalue weighted by atomic mass is 16.6. The van der Waals surface area contributed by atoms with Crippen molar-refractivity contribution in [3.05, 3.63) is 53.1 Å². The van der Waals surface area contributed by atoms with E-state index < -0.39 is 12.6 Å². The van der Waals surface area contributed by atoms with Crippen LogP contribution in [0.15, 0.2) is 36.4 Å². The Morgan fingerprint density at radius 3 is 2.28 bits per heavy atom. The van der Waals surface area contributed by atoms with Crippen LogP contribution in [0.4, 0.5) is 0 Å². The van der Waals surface area contributed by atoms with Gasteiger partial charge in [-0.1, -0.05) is 19.9 Å². The normalized spacial score (nSPS) is 10.6. The summed E-state index contributed by atoms with van der Waals surface area (Å²) in [5, 5.41) is 0. The highest BCUT2D eigenvalue weighted by molar-refractivity contribution is 6.00. The molecule has 2 aromatic rings. The maximum atomic E-state index is 12.4. The molecule has 0 aliphatic rings. The molecule has 29 heavy (non-hydrogen) atoms. The number of ether oxygens (including phenoxy) is 4. The van der Waals surface area contributed by atoms with Crippen LogP contribution in [0, 0.1) is 12.8 Å². The number of Topliss-reactive ketones (excluding diaryl/α,β-unsaturated/α-hetero) is 1. The third kappa shape index (κ3) is 6.52. The smallest absolute Gasteiger partial charge is 0.344 e. The van der Waals surface area contributed by atoms with Crippen molar-refractivity contribution in [2.45, 2.75) is 27.2 Å². The molecule has 0 atom stereocenters. The first-order valence-electron chi connectivity index (χ1n) is 9.47. The van der Waals surface area contributed by atoms with Gasteiger partial charge in [0, 0.05) is 0 Å². The van der Waals surface area contributed by atoms with E-state index in [-0.39, 0.29) is 18.0 Å². The Hall–Kier alpha value is -3.02. The number of esters is 1. The van der Waals surface area contributed by atoms with Crippen LogP contribution in [0.3, 0.4) is 0 Å². The standard InChI is InChI=1S/C23H28O6/c1-15(2)10-17-6-7-19(11-16(17)3)28-14-23(25)29-13-21(24)20-12-18(26-4)8-9-22(20)27-5/h6-9,11-12,15H,10,13-14H2,1-5H3. The van der Waals surface area contributed by atoms with E-state index in [0.717, 1.165) is 12.0 Å². The molecule has 0 N–H and O–H groups in total. The number of methoxy groups -OCH3 is 2. The second-order valence-electron chi connectivity index (χ2n) is 7.13. The summed E-state index contributed by atoms with van der Waals surface area (Å²) in [7, 11) is 2.97. The summed E-state index contributed by atoms with van der Waals surface area (Å²) in [6, 6.07) is 10.6. The average molecular weight is 400 g/mol. The molecule has 0 saturated carbocycles. The zero-order chi connectivity index (χ0) is 21.4. The molecule has 0 spiro atoms. The van der Waals surface area contributed by atoms with E-state index in [1.54, 1.807) is 18.2 Å². The minimum atomic E-state index is -0.621. The SMILES string of the molecule is COc1ccc(OC)c(C(=O)COC(=O)COc2ccc(CC(C)C)c(C)c2)c1. The number of ketones is 1. The molecular weight excluding hydrogens is 372 g/mol. The molecule has 0 aliphatic carbocycles. The lowest BCUT2D eigenvalue weighted by Crippen LogP contribution is -2.20. The molecule has 0 unspecified atom stereocenters. The van der Waals surface area contributed by atoms with E-state index in [9.17, 15) is 9.59 Å². The van der Waals surface area contributed by atoms with E-state index in [4.69, 9.17) is 18.9 Å². The lowest BCUT2D eigenvalue weighted by molar-refractivity contribution is -0.144. The third-order valence-electron chi connectivity index (χ3n) is 4.37. The molecule has 0 amide bonds. The number of hydrogen-bond acceptors (Lipinski definition) is 6. The highest BCUT2D eigenvalue weighted by Gasteiger charge is 2.16. The van der Waals surface area contributed by atoms with E-state index >= 15 is 0 Å². The monoisotopic (exact) mass is 400 g/mol. The predicted octanol–water partition coefficient (Wildman–Crippen LogP) is 4.02. The van der Waals surface area contributed by atoms with E-state index in [1.165, 1.54) is 19.8 Å². The van der Waals surface area contributed by atoms with Crippen LogP contribution in [0.2, 0.25) is 0 Å². The Bertz CT molecular complexity index is 856. The number of aryl methyl sites for hydroxylation is 1. The summed E-state index contributed by atoms with van der Waals surface area (Å²) < 4.78 is 20.8. The molecule has 0 fully saturated rings. The van der Waals surface area contributed by atoms with Crippen LogP contribution >= 0.6 is 0 Å². The fourth-order valence-corrected chi connectivity index (χ4v) is 2.87. The Balaban J connectivity index is 1.89. The van der Waals surface area contributed by atoms with Crippen LogP contribution in [-0.2, 0) is 16.0 Å². The van der Waals surface area contributed by atoms with Gasteiger partial charge >= 0.3 is 5.97 Å². The topological polar surface area (TPSA) is 71.1 Å². The van der Waals surface area contributed by atoms with Gasteiger partial charge in [0.2, 0.25) is 5.78 Å². The number of carbonyl (C=O) groups excluding carboxylic acids is 2. The quantitative estimate of drug-likeness (QED) is 0.443. The summed E-state index contributed by atoms with van der Waals surface area (Å²) in [6.07, 6.45) is 0.990. The molecule has 2 rings (SSSR count). The number of carbonyl (C=O) groups is 2. The van der Waals surface area contributed by atoms with Crippen molar-refractivity contribution >= 4 is 11.8 Å². The van der Waals surface area contributed by atoms with Gasteiger partial charge in [0.1, 0.15) is 17.2 Å². The molecule has 0 radical (unpaired) electrons. The van der Waals surface area contributed by atoms with Gasteiger partial charge in [0.05, 0.1) is 19.8 Å². The van der Waals surface area contributed by atoms with Gasteiger partial charge in [0.15, 0.2) is 13.2 Å². The Morgan fingerprint density at radius 1 is 0.931 bits per heavy atom. The molecule has 0 saturated heterocycles. The van der Waals surface area contributed by atoms with Crippen molar-refractivity contribution in [1.29, 1.82) is 0 Å². The molecule has 0 aliphatic heterocycles. The van der Waals surface area contributed by atoms with Crippen LogP contribution < -0.4 is 14.2 Å². The van der Waals surface area contributed by atoms with Crippen LogP contribution in [0.5, 0.6) is 17.2 Å². The van der Waals surface area contributed by atoms with Crippen LogP contribution in [0.25, 0.3) is 0 Å². The van der Waals surface area contributed by atoms with Crippen molar-refractivity contribution in [1.82, 2.24) is 0 Å². The summed E-state index contributed by atoms with van der Waals surface area (Å²) in [4.78, 5) is 24.4. The summed E-state index contributed by atoms with van der Waals surface area (Å²) in [5.74, 6) is 1.05. The minimum Gasteiger partial charge on any atom is -0.497 e. The Morgan fingerprint density at radius 2 is 1.66 bits per heavy atom. The Kier molecular flexibility index (Phi) is 8.07. The molecule has 156 valence electrons. The number of benzene rings is 2. The minimum absolute atomic E-state index is 0.272. The summed E-state index contributed by atoms with van der Waals surface area (Å²) in [6.45, 7) is 5.68. The van der Waals surface area contributed by atoms with Crippen molar-refractivity contribution < 1.29 is 28.5 Å². The molecule has 0 bridgehead atoms. The van der Waals surface area contributed by atoms with Crippen molar-refractivity contribution in [2.75, 3.05) is 27.4 Å². The summed E-state index contributed by atoms with van der Waals surface area (Å²) in [5.41, 5.74) is 2.66. The lowest BCUT2D eigenvalue weighted by atomic mass is 9.99. The average Bonchev–Trinajstić information content (AvgIpc) is 2.71. The largest absolute Gasteiger partial charge is 0.497 e. The maximum Gasteiger partial charge on any atom is 0.344 e. The first-order valence-corrected chi connectivity index (χ1v) is 9.47. The van der Waals surface area contributed by atoms with Crippen LogP contribution in [0.1, 0.15) is 35.3 Å². The number of rotatable bonds is 10. The second-order valence-corrected chi connectivity index (χ2v) is 7.13. The molecular formula is C23H28O6. The first-order chi connectivity index (χ1) is 13.8. The summed E-state index contributed by atoms with van der Waals surface area (Å²) >= 11 is 0. The lowest BCUT2D eigenvalue weighted by Gasteiger charge is -2.12. The molecule has 0 heterocycles. The zero-order valence-electron chi connectivity index (χ0n) is 17.6. The zero-order valence-corrected chi connectivity index (χ0v) is 17.6. The second kappa shape index (κ2) is 10.5. The van der Waals surface area contributed by atoms with Gasteiger partial charge in [-0.3, -0.25) is 4.79 Å². The van der Waals surface area contributed by atoms with Crippen molar-refractivity contribution in [2.24, 2.45) is 5.92 Å². The highest BCUT2D eigenvalue weighted by Crippen LogP contribution is 2.24. The fraction of sp³-hybridized carbons (Fsp3) is 0.391. The van der Waals surface area contributed by atoms with E-state index in [2.05, 4.69) is 13.8 Å². The maximum absolute atomic E-state index is 12.4. The molecule has 6 nitrogen and oxygen atoms in total. The van der Waals surface area contributed by atoms with Crippen molar-refractivity contribution in [3.8, 4) is 17.2 Å². The first kappa shape index (κ1) is 22.3. The predicted molar refractivity (Wildman–Crippen MR) is 110 cm³/mol. The van der Waals surface area contributed by atoms with Gasteiger partial charge in [-0.25, -0.2) is 4.79 Å². The molecule has 6 heteroatoms. The van der Waals surface area contributed by atoms with E-state index in [0.29, 0.717) is 23.2 Å². The van der Waals surface area contributed by atoms with Gasteiger partial charge in [0.25, 0.3) is 0 Å². The van der Waals surface area contributed by atoms with Crippen molar-refractivity contribution in [3.63, 3.8) is 0 Å². The van der Waals surface area contributed by atoms with Gasteiger partial charge < -0.3 is 18.9 Å². The van der Waals surface area contributed by atoms with E-state index in [1.807, 2.05) is 25.1 Å². The Labute approximate surface area is 171 Å². The third-order valence-corrected chi connectivity index (χ3v) is 4.37. The van der Waals surface area contributed by atoms with Gasteiger partial charge in [-0.05, 0) is 60.7 Å². The van der Waals surface area contributed by atoms with Crippen LogP contribution in [-0.4, -0.2) is 39.2 Å².